The number of fused-ring (bicyclic) bond motifs is 2. The van der Waals surface area contributed by atoms with Gasteiger partial charge in [0.2, 0.25) is 5.91 Å². The Kier molecular flexibility index (Phi) is 3.52. The monoisotopic (exact) mass is 305 g/mol. The summed E-state index contributed by atoms with van der Waals surface area (Å²) in [5.41, 5.74) is 1.25. The number of hydrogen-bond acceptors (Lipinski definition) is 4. The number of piperidine rings is 2. The van der Waals surface area contributed by atoms with Gasteiger partial charge in [-0.3, -0.25) is 10.1 Å². The number of rotatable bonds is 2. The molecular formula is C16H23N3OS. The second-order valence-electron chi connectivity index (χ2n) is 6.67. The van der Waals surface area contributed by atoms with Crippen molar-refractivity contribution in [2.75, 3.05) is 13.6 Å². The lowest BCUT2D eigenvalue weighted by atomic mass is 9.81. The van der Waals surface area contributed by atoms with Crippen LogP contribution in [0.4, 0.5) is 0 Å². The molecule has 3 fully saturated rings. The van der Waals surface area contributed by atoms with Crippen LogP contribution >= 0.6 is 11.3 Å². The summed E-state index contributed by atoms with van der Waals surface area (Å²) in [6, 6.07) is 3.88. The van der Waals surface area contributed by atoms with Crippen LogP contribution in [0, 0.1) is 0 Å². The van der Waals surface area contributed by atoms with Crippen molar-refractivity contribution >= 4 is 17.2 Å². The molecule has 3 saturated heterocycles. The highest BCUT2D eigenvalue weighted by molar-refractivity contribution is 7.07. The molecule has 3 unspecified atom stereocenters. The Balaban J connectivity index is 1.58. The zero-order valence-corrected chi connectivity index (χ0v) is 13.3. The standard InChI is InChI=1S/C16H23N3OS/c1-18-12-3-2-4-13(18)8-14(7-12)19-15(20)9-17-16(19)11-5-6-21-10-11/h5-6,10,12-14,16-17H,2-4,7-9H2,1H3. The van der Waals surface area contributed by atoms with E-state index in [4.69, 9.17) is 0 Å². The van der Waals surface area contributed by atoms with E-state index in [1.807, 2.05) is 0 Å². The fourth-order valence-corrected chi connectivity index (χ4v) is 5.13. The van der Waals surface area contributed by atoms with Crippen LogP contribution in [0.25, 0.3) is 0 Å². The summed E-state index contributed by atoms with van der Waals surface area (Å²) in [5, 5.41) is 7.67. The van der Waals surface area contributed by atoms with Crippen molar-refractivity contribution in [2.24, 2.45) is 0 Å². The maximum atomic E-state index is 12.4. The van der Waals surface area contributed by atoms with Gasteiger partial charge in [-0.05, 0) is 55.1 Å². The fraction of sp³-hybridized carbons (Fsp3) is 0.688. The quantitative estimate of drug-likeness (QED) is 0.910. The molecule has 4 rings (SSSR count). The van der Waals surface area contributed by atoms with Crippen LogP contribution in [0.3, 0.4) is 0 Å². The largest absolute Gasteiger partial charge is 0.319 e. The molecule has 0 spiro atoms. The van der Waals surface area contributed by atoms with Crippen LogP contribution in [0.1, 0.15) is 43.8 Å². The normalized spacial score (nSPS) is 37.2. The van der Waals surface area contributed by atoms with Crippen molar-refractivity contribution < 1.29 is 4.79 Å². The molecule has 114 valence electrons. The average Bonchev–Trinajstić information content (AvgIpc) is 3.07. The van der Waals surface area contributed by atoms with Gasteiger partial charge in [-0.25, -0.2) is 0 Å². The predicted octanol–water partition coefficient (Wildman–Crippen LogP) is 2.19. The summed E-state index contributed by atoms with van der Waals surface area (Å²) >= 11 is 1.71. The fourth-order valence-electron chi connectivity index (χ4n) is 4.46. The van der Waals surface area contributed by atoms with Gasteiger partial charge in [0.25, 0.3) is 0 Å². The van der Waals surface area contributed by atoms with Crippen LogP contribution in [0.5, 0.6) is 0 Å². The van der Waals surface area contributed by atoms with Gasteiger partial charge in [0.05, 0.1) is 6.54 Å². The van der Waals surface area contributed by atoms with E-state index in [0.717, 1.165) is 12.8 Å². The highest BCUT2D eigenvalue weighted by atomic mass is 32.1. The minimum absolute atomic E-state index is 0.0953. The molecule has 1 aromatic heterocycles. The molecule has 3 aliphatic rings. The Morgan fingerprint density at radius 1 is 1.24 bits per heavy atom. The highest BCUT2D eigenvalue weighted by Crippen LogP contribution is 2.38. The van der Waals surface area contributed by atoms with Gasteiger partial charge in [0, 0.05) is 18.1 Å². The van der Waals surface area contributed by atoms with Crippen molar-refractivity contribution in [3.8, 4) is 0 Å². The first-order valence-corrected chi connectivity index (χ1v) is 8.97. The topological polar surface area (TPSA) is 35.6 Å². The van der Waals surface area contributed by atoms with E-state index in [2.05, 4.69) is 39.0 Å². The Morgan fingerprint density at radius 2 is 2.00 bits per heavy atom. The van der Waals surface area contributed by atoms with Crippen LogP contribution in [0.2, 0.25) is 0 Å². The lowest BCUT2D eigenvalue weighted by molar-refractivity contribution is -0.133. The van der Waals surface area contributed by atoms with Gasteiger partial charge in [-0.15, -0.1) is 0 Å². The van der Waals surface area contributed by atoms with E-state index >= 15 is 0 Å². The maximum absolute atomic E-state index is 12.4. The Hall–Kier alpha value is -0.910. The van der Waals surface area contributed by atoms with E-state index in [9.17, 15) is 4.79 Å². The van der Waals surface area contributed by atoms with E-state index in [0.29, 0.717) is 24.7 Å². The molecule has 1 N–H and O–H groups in total. The van der Waals surface area contributed by atoms with Crippen LogP contribution in [-0.4, -0.2) is 47.4 Å². The van der Waals surface area contributed by atoms with Gasteiger partial charge < -0.3 is 9.80 Å². The molecule has 3 atom stereocenters. The zero-order chi connectivity index (χ0) is 14.4. The Morgan fingerprint density at radius 3 is 2.67 bits per heavy atom. The summed E-state index contributed by atoms with van der Waals surface area (Å²) in [7, 11) is 2.27. The third-order valence-corrected chi connectivity index (χ3v) is 6.28. The predicted molar refractivity (Wildman–Crippen MR) is 84.1 cm³/mol. The van der Waals surface area contributed by atoms with Gasteiger partial charge in [0.15, 0.2) is 0 Å². The number of hydrogen-bond donors (Lipinski definition) is 1. The highest BCUT2D eigenvalue weighted by Gasteiger charge is 2.43. The van der Waals surface area contributed by atoms with Crippen molar-refractivity contribution in [2.45, 2.75) is 56.4 Å². The summed E-state index contributed by atoms with van der Waals surface area (Å²) in [6.07, 6.45) is 6.32. The number of carbonyl (C=O) groups is 1. The minimum atomic E-state index is 0.0953. The molecule has 1 aromatic rings. The molecule has 2 bridgehead atoms. The molecule has 0 aliphatic carbocycles. The number of thiophene rings is 1. The van der Waals surface area contributed by atoms with Crippen molar-refractivity contribution in [1.82, 2.24) is 15.1 Å². The molecule has 3 aliphatic heterocycles. The Labute approximate surface area is 130 Å². The van der Waals surface area contributed by atoms with E-state index in [1.54, 1.807) is 11.3 Å². The number of carbonyl (C=O) groups excluding carboxylic acids is 1. The molecule has 21 heavy (non-hydrogen) atoms. The van der Waals surface area contributed by atoms with E-state index < -0.39 is 0 Å². The van der Waals surface area contributed by atoms with Crippen LogP contribution < -0.4 is 5.32 Å². The molecule has 4 heterocycles. The number of nitrogens with one attached hydrogen (secondary N) is 1. The molecule has 4 nitrogen and oxygen atoms in total. The second-order valence-corrected chi connectivity index (χ2v) is 7.45. The van der Waals surface area contributed by atoms with Gasteiger partial charge in [-0.1, -0.05) is 6.42 Å². The summed E-state index contributed by atoms with van der Waals surface area (Å²) in [5.74, 6) is 0.277. The zero-order valence-electron chi connectivity index (χ0n) is 12.5. The lowest BCUT2D eigenvalue weighted by Crippen LogP contribution is -2.56. The van der Waals surface area contributed by atoms with Gasteiger partial charge >= 0.3 is 0 Å². The summed E-state index contributed by atoms with van der Waals surface area (Å²) < 4.78 is 0. The maximum Gasteiger partial charge on any atom is 0.238 e. The van der Waals surface area contributed by atoms with E-state index in [-0.39, 0.29) is 12.1 Å². The van der Waals surface area contributed by atoms with Crippen LogP contribution in [-0.2, 0) is 4.79 Å². The number of nitrogens with zero attached hydrogens (tertiary/aromatic N) is 2. The Bertz CT molecular complexity index is 504. The first kappa shape index (κ1) is 13.7. The third-order valence-electron chi connectivity index (χ3n) is 5.58. The second kappa shape index (κ2) is 5.38. The van der Waals surface area contributed by atoms with Crippen LogP contribution in [0.15, 0.2) is 16.8 Å². The third kappa shape index (κ3) is 2.31. The van der Waals surface area contributed by atoms with Crippen molar-refractivity contribution in [3.63, 3.8) is 0 Å². The molecule has 0 saturated carbocycles. The summed E-state index contributed by atoms with van der Waals surface area (Å²) in [4.78, 5) is 17.1. The first-order chi connectivity index (χ1) is 10.2. The lowest BCUT2D eigenvalue weighted by Gasteiger charge is -2.49. The minimum Gasteiger partial charge on any atom is -0.319 e. The van der Waals surface area contributed by atoms with E-state index in [1.165, 1.54) is 24.8 Å². The first-order valence-electron chi connectivity index (χ1n) is 8.02. The molecule has 0 radical (unpaired) electrons. The smallest absolute Gasteiger partial charge is 0.238 e. The molecule has 5 heteroatoms. The molecule has 1 amide bonds. The van der Waals surface area contributed by atoms with Gasteiger partial charge in [0.1, 0.15) is 6.17 Å². The summed E-state index contributed by atoms with van der Waals surface area (Å²) in [6.45, 7) is 0.488. The SMILES string of the molecule is CN1C2CCCC1CC(N1C(=O)CNC1c1ccsc1)C2. The molecule has 0 aromatic carbocycles. The van der Waals surface area contributed by atoms with Crippen molar-refractivity contribution in [1.29, 1.82) is 0 Å². The average molecular weight is 305 g/mol. The number of amides is 1. The van der Waals surface area contributed by atoms with Crippen molar-refractivity contribution in [3.05, 3.63) is 22.4 Å². The van der Waals surface area contributed by atoms with Gasteiger partial charge in [-0.2, -0.15) is 11.3 Å². The molecular weight excluding hydrogens is 282 g/mol.